The highest BCUT2D eigenvalue weighted by molar-refractivity contribution is 9.10. The van der Waals surface area contributed by atoms with Crippen LogP contribution in [-0.4, -0.2) is 24.9 Å². The van der Waals surface area contributed by atoms with E-state index in [0.717, 1.165) is 10.0 Å². The van der Waals surface area contributed by atoms with Crippen LogP contribution in [-0.2, 0) is 4.79 Å². The highest BCUT2D eigenvalue weighted by Gasteiger charge is 2.04. The van der Waals surface area contributed by atoms with Gasteiger partial charge in [0.05, 0.1) is 0 Å². The monoisotopic (exact) mass is 338 g/mol. The summed E-state index contributed by atoms with van der Waals surface area (Å²) in [5, 5.41) is 5.58. The number of hydrogen-bond donors (Lipinski definition) is 2. The number of benzene rings is 1. The third-order valence-corrected chi connectivity index (χ3v) is 2.94. The first-order valence-corrected chi connectivity index (χ1v) is 7.25. The number of amides is 2. The fourth-order valence-electron chi connectivity index (χ4n) is 1.55. The summed E-state index contributed by atoms with van der Waals surface area (Å²) in [6.07, 6.45) is 2.25. The van der Waals surface area contributed by atoms with Gasteiger partial charge in [-0.2, -0.15) is 0 Å². The molecule has 1 aromatic carbocycles. The first-order chi connectivity index (χ1) is 9.49. The van der Waals surface area contributed by atoms with Crippen molar-refractivity contribution in [2.75, 3.05) is 13.1 Å². The number of hydrogen-bond acceptors (Lipinski definition) is 2. The van der Waals surface area contributed by atoms with Gasteiger partial charge in [0.25, 0.3) is 5.91 Å². The van der Waals surface area contributed by atoms with Gasteiger partial charge in [0.2, 0.25) is 5.91 Å². The van der Waals surface area contributed by atoms with Crippen LogP contribution in [0.5, 0.6) is 0 Å². The van der Waals surface area contributed by atoms with Crippen molar-refractivity contribution in [3.63, 3.8) is 0 Å². The van der Waals surface area contributed by atoms with E-state index in [1.165, 1.54) is 0 Å². The topological polar surface area (TPSA) is 58.2 Å². The van der Waals surface area contributed by atoms with Crippen molar-refractivity contribution in [2.45, 2.75) is 20.3 Å². The van der Waals surface area contributed by atoms with Crippen LogP contribution in [0.15, 0.2) is 40.4 Å². The highest BCUT2D eigenvalue weighted by atomic mass is 79.9. The summed E-state index contributed by atoms with van der Waals surface area (Å²) in [7, 11) is 0. The predicted octanol–water partition coefficient (Wildman–Crippen LogP) is 2.65. The van der Waals surface area contributed by atoms with Crippen molar-refractivity contribution in [2.24, 2.45) is 0 Å². The molecule has 0 unspecified atom stereocenters. The molecule has 0 heterocycles. The smallest absolute Gasteiger partial charge is 0.251 e. The zero-order valence-electron chi connectivity index (χ0n) is 11.7. The van der Waals surface area contributed by atoms with Crippen LogP contribution in [0.25, 0.3) is 0 Å². The van der Waals surface area contributed by atoms with Gasteiger partial charge in [0.15, 0.2) is 0 Å². The van der Waals surface area contributed by atoms with Crippen molar-refractivity contribution in [3.8, 4) is 0 Å². The van der Waals surface area contributed by atoms with Gasteiger partial charge in [0, 0.05) is 29.2 Å². The largest absolute Gasteiger partial charge is 0.352 e. The Kier molecular flexibility index (Phi) is 7.01. The molecule has 1 rings (SSSR count). The van der Waals surface area contributed by atoms with Gasteiger partial charge in [0.1, 0.15) is 0 Å². The van der Waals surface area contributed by atoms with E-state index in [2.05, 4.69) is 26.6 Å². The highest BCUT2D eigenvalue weighted by Crippen LogP contribution is 2.11. The minimum atomic E-state index is -0.109. The summed E-state index contributed by atoms with van der Waals surface area (Å²) < 4.78 is 0.874. The maximum Gasteiger partial charge on any atom is 0.251 e. The van der Waals surface area contributed by atoms with Crippen molar-refractivity contribution in [1.82, 2.24) is 10.6 Å². The minimum absolute atomic E-state index is 0.0942. The van der Waals surface area contributed by atoms with Gasteiger partial charge in [-0.05, 0) is 38.5 Å². The molecule has 2 amide bonds. The molecule has 0 radical (unpaired) electrons. The van der Waals surface area contributed by atoms with E-state index in [0.29, 0.717) is 25.1 Å². The quantitative estimate of drug-likeness (QED) is 0.618. The summed E-state index contributed by atoms with van der Waals surface area (Å²) in [4.78, 5) is 23.1. The maximum absolute atomic E-state index is 11.8. The first kappa shape index (κ1) is 16.4. The van der Waals surface area contributed by atoms with Gasteiger partial charge >= 0.3 is 0 Å². The Morgan fingerprint density at radius 3 is 2.55 bits per heavy atom. The second-order valence-electron chi connectivity index (χ2n) is 4.63. The first-order valence-electron chi connectivity index (χ1n) is 6.45. The Bertz CT molecular complexity index is 508. The molecule has 0 aliphatic carbocycles. The molecule has 0 spiro atoms. The van der Waals surface area contributed by atoms with Crippen LogP contribution in [0.2, 0.25) is 0 Å². The third kappa shape index (κ3) is 6.52. The molecule has 0 bridgehead atoms. The fraction of sp³-hybridized carbons (Fsp3) is 0.333. The van der Waals surface area contributed by atoms with E-state index in [9.17, 15) is 9.59 Å². The second-order valence-corrected chi connectivity index (χ2v) is 5.55. The zero-order chi connectivity index (χ0) is 15.0. The minimum Gasteiger partial charge on any atom is -0.352 e. The number of carbonyl (C=O) groups excluding carboxylic acids is 2. The molecule has 0 fully saturated rings. The Morgan fingerprint density at radius 1 is 1.20 bits per heavy atom. The van der Waals surface area contributed by atoms with E-state index in [-0.39, 0.29) is 11.8 Å². The van der Waals surface area contributed by atoms with E-state index in [4.69, 9.17) is 0 Å². The molecule has 2 N–H and O–H groups in total. The average molecular weight is 339 g/mol. The third-order valence-electron chi connectivity index (χ3n) is 2.44. The molecule has 0 atom stereocenters. The van der Waals surface area contributed by atoms with E-state index in [1.807, 2.05) is 26.0 Å². The van der Waals surface area contributed by atoms with E-state index >= 15 is 0 Å². The number of nitrogens with one attached hydrogen (secondary N) is 2. The predicted molar refractivity (Wildman–Crippen MR) is 83.5 cm³/mol. The molecule has 0 saturated heterocycles. The Morgan fingerprint density at radius 2 is 1.90 bits per heavy atom. The number of rotatable bonds is 6. The molecule has 20 heavy (non-hydrogen) atoms. The zero-order valence-corrected chi connectivity index (χ0v) is 13.3. The Labute approximate surface area is 127 Å². The lowest BCUT2D eigenvalue weighted by Gasteiger charge is -2.06. The summed E-state index contributed by atoms with van der Waals surface area (Å²) in [5.41, 5.74) is 1.58. The molecule has 4 nitrogen and oxygen atoms in total. The standard InChI is InChI=1S/C15H19BrN2O2/c1-11(2)9-14(19)17-7-4-8-18-15(20)12-5-3-6-13(16)10-12/h3,5-6,9-10H,4,7-8H2,1-2H3,(H,17,19)(H,18,20). The van der Waals surface area contributed by atoms with Gasteiger partial charge in [-0.25, -0.2) is 0 Å². The molecule has 0 aromatic heterocycles. The molecular weight excluding hydrogens is 320 g/mol. The Hall–Kier alpha value is -1.62. The van der Waals surface area contributed by atoms with Crippen molar-refractivity contribution in [1.29, 1.82) is 0 Å². The molecule has 0 saturated carbocycles. The molecule has 5 heteroatoms. The lowest BCUT2D eigenvalue weighted by Crippen LogP contribution is -2.29. The SMILES string of the molecule is CC(C)=CC(=O)NCCCNC(=O)c1cccc(Br)c1. The summed E-state index contributed by atoms with van der Waals surface area (Å²) in [5.74, 6) is -0.203. The van der Waals surface area contributed by atoms with Crippen LogP contribution in [0, 0.1) is 0 Å². The van der Waals surface area contributed by atoms with Crippen LogP contribution in [0.4, 0.5) is 0 Å². The fourth-order valence-corrected chi connectivity index (χ4v) is 1.95. The van der Waals surface area contributed by atoms with Crippen LogP contribution < -0.4 is 10.6 Å². The average Bonchev–Trinajstić information content (AvgIpc) is 2.37. The molecule has 0 aliphatic heterocycles. The molecule has 0 aliphatic rings. The second kappa shape index (κ2) is 8.53. The Balaban J connectivity index is 2.23. The van der Waals surface area contributed by atoms with Gasteiger partial charge in [-0.1, -0.05) is 27.6 Å². The van der Waals surface area contributed by atoms with Gasteiger partial charge < -0.3 is 10.6 Å². The van der Waals surface area contributed by atoms with Crippen molar-refractivity contribution >= 4 is 27.7 Å². The molecule has 1 aromatic rings. The van der Waals surface area contributed by atoms with E-state index < -0.39 is 0 Å². The van der Waals surface area contributed by atoms with Crippen LogP contribution in [0.1, 0.15) is 30.6 Å². The maximum atomic E-state index is 11.8. The summed E-state index contributed by atoms with van der Waals surface area (Å²) >= 11 is 3.33. The van der Waals surface area contributed by atoms with Crippen molar-refractivity contribution < 1.29 is 9.59 Å². The lowest BCUT2D eigenvalue weighted by atomic mass is 10.2. The van der Waals surface area contributed by atoms with Crippen LogP contribution in [0.3, 0.4) is 0 Å². The number of halogens is 1. The normalized spacial score (nSPS) is 9.75. The van der Waals surface area contributed by atoms with E-state index in [1.54, 1.807) is 18.2 Å². The van der Waals surface area contributed by atoms with Crippen LogP contribution >= 0.6 is 15.9 Å². The number of carbonyl (C=O) groups is 2. The molecular formula is C15H19BrN2O2. The van der Waals surface area contributed by atoms with Crippen molar-refractivity contribution in [3.05, 3.63) is 46.0 Å². The molecule has 108 valence electrons. The summed E-state index contributed by atoms with van der Waals surface area (Å²) in [6.45, 7) is 4.82. The summed E-state index contributed by atoms with van der Waals surface area (Å²) in [6, 6.07) is 7.22. The number of allylic oxidation sites excluding steroid dienone is 1. The van der Waals surface area contributed by atoms with Gasteiger partial charge in [-0.15, -0.1) is 0 Å². The van der Waals surface area contributed by atoms with Gasteiger partial charge in [-0.3, -0.25) is 9.59 Å². The lowest BCUT2D eigenvalue weighted by molar-refractivity contribution is -0.116.